The van der Waals surface area contributed by atoms with Gasteiger partial charge in [0.2, 0.25) is 0 Å². The summed E-state index contributed by atoms with van der Waals surface area (Å²) in [6, 6.07) is 24.9. The van der Waals surface area contributed by atoms with Crippen LogP contribution in [0.5, 0.6) is 0 Å². The molecule has 0 amide bonds. The fraction of sp³-hybridized carbons (Fsp3) is 0.273. The van der Waals surface area contributed by atoms with Crippen molar-refractivity contribution >= 4 is 5.97 Å². The Morgan fingerprint density at radius 3 is 2.32 bits per heavy atom. The largest absolute Gasteiger partial charge is 0.461 e. The molecule has 0 saturated carbocycles. The minimum Gasteiger partial charge on any atom is -0.461 e. The molecule has 41 heavy (non-hydrogen) atoms. The van der Waals surface area contributed by atoms with Crippen molar-refractivity contribution in [3.63, 3.8) is 0 Å². The number of carbonyl (C=O) groups is 1. The van der Waals surface area contributed by atoms with E-state index in [1.54, 1.807) is 27.0 Å². The summed E-state index contributed by atoms with van der Waals surface area (Å²) < 4.78 is 7.27. The maximum absolute atomic E-state index is 13.1. The van der Waals surface area contributed by atoms with Crippen LogP contribution in [0.15, 0.2) is 79.0 Å². The first-order valence-corrected chi connectivity index (χ1v) is 13.9. The average molecular weight is 550 g/mol. The Hall–Kier alpha value is -4.56. The Kier molecular flexibility index (Phi) is 8.12. The Morgan fingerprint density at radius 1 is 0.951 bits per heavy atom. The average Bonchev–Trinajstić information content (AvgIpc) is 3.63. The number of nitrogens with zero attached hydrogens (tertiary/aromatic N) is 4. The summed E-state index contributed by atoms with van der Waals surface area (Å²) in [5.41, 5.74) is 6.41. The Balaban J connectivity index is 1.55. The van der Waals surface area contributed by atoms with Gasteiger partial charge >= 0.3 is 5.97 Å². The van der Waals surface area contributed by atoms with Gasteiger partial charge in [-0.25, -0.2) is 9.78 Å². The van der Waals surface area contributed by atoms with E-state index in [1.165, 1.54) is 0 Å². The van der Waals surface area contributed by atoms with E-state index in [4.69, 9.17) is 9.72 Å². The topological polar surface area (TPSA) is 106 Å². The van der Waals surface area contributed by atoms with Crippen LogP contribution in [0.2, 0.25) is 0 Å². The number of aromatic nitrogens is 5. The summed E-state index contributed by atoms with van der Waals surface area (Å²) in [6.07, 6.45) is 3.25. The van der Waals surface area contributed by atoms with Crippen LogP contribution in [-0.4, -0.2) is 42.6 Å². The second-order valence-electron chi connectivity index (χ2n) is 10.5. The van der Waals surface area contributed by atoms with E-state index in [1.807, 2.05) is 22.8 Å². The van der Waals surface area contributed by atoms with Crippen molar-refractivity contribution in [2.24, 2.45) is 0 Å². The van der Waals surface area contributed by atoms with Crippen LogP contribution in [0.3, 0.4) is 0 Å². The monoisotopic (exact) mass is 549 g/mol. The van der Waals surface area contributed by atoms with Crippen LogP contribution in [0, 0.1) is 0 Å². The molecule has 2 heterocycles. The second-order valence-corrected chi connectivity index (χ2v) is 10.5. The molecule has 0 aliphatic carbocycles. The molecular formula is C33H35N5O3. The highest BCUT2D eigenvalue weighted by atomic mass is 16.5. The summed E-state index contributed by atoms with van der Waals surface area (Å²) in [7, 11) is 0. The summed E-state index contributed by atoms with van der Waals surface area (Å²) >= 11 is 0. The molecule has 2 N–H and O–H groups in total. The molecule has 5 rings (SSSR count). The van der Waals surface area contributed by atoms with Crippen molar-refractivity contribution in [2.75, 3.05) is 6.61 Å². The normalized spacial score (nSPS) is 11.5. The number of benzene rings is 3. The maximum atomic E-state index is 13.1. The van der Waals surface area contributed by atoms with E-state index in [9.17, 15) is 9.90 Å². The quantitative estimate of drug-likeness (QED) is 0.195. The van der Waals surface area contributed by atoms with Crippen LogP contribution in [0.1, 0.15) is 61.7 Å². The lowest BCUT2D eigenvalue weighted by Crippen LogP contribution is -2.23. The molecule has 0 aliphatic heterocycles. The molecule has 0 atom stereocenters. The van der Waals surface area contributed by atoms with Gasteiger partial charge in [0.15, 0.2) is 5.69 Å². The number of rotatable bonds is 10. The predicted octanol–water partition coefficient (Wildman–Crippen LogP) is 6.41. The van der Waals surface area contributed by atoms with E-state index in [0.29, 0.717) is 24.4 Å². The van der Waals surface area contributed by atoms with Crippen LogP contribution < -0.4 is 0 Å². The first-order valence-electron chi connectivity index (χ1n) is 13.9. The van der Waals surface area contributed by atoms with Gasteiger partial charge in [0.1, 0.15) is 22.8 Å². The van der Waals surface area contributed by atoms with E-state index < -0.39 is 11.6 Å². The number of H-pyrrole nitrogens is 1. The number of hydrogen-bond donors (Lipinski definition) is 2. The van der Waals surface area contributed by atoms with Crippen molar-refractivity contribution in [1.82, 2.24) is 25.0 Å². The predicted molar refractivity (Wildman–Crippen MR) is 159 cm³/mol. The lowest BCUT2D eigenvalue weighted by Gasteiger charge is -2.17. The Labute approximate surface area is 240 Å². The summed E-state index contributed by atoms with van der Waals surface area (Å²) in [4.78, 5) is 17.8. The van der Waals surface area contributed by atoms with Crippen LogP contribution in [0.25, 0.3) is 33.5 Å². The highest BCUT2D eigenvalue weighted by Crippen LogP contribution is 2.35. The third-order valence-electron chi connectivity index (χ3n) is 6.99. The van der Waals surface area contributed by atoms with Gasteiger partial charge in [-0.2, -0.15) is 15.4 Å². The first-order chi connectivity index (χ1) is 19.8. The smallest absolute Gasteiger partial charge is 0.357 e. The lowest BCUT2D eigenvalue weighted by molar-refractivity contribution is 0.0469. The minimum absolute atomic E-state index is 0.239. The molecule has 0 aliphatic rings. The van der Waals surface area contributed by atoms with Gasteiger partial charge in [0.25, 0.3) is 0 Å². The molecule has 210 valence electrons. The van der Waals surface area contributed by atoms with E-state index in [-0.39, 0.29) is 6.61 Å². The third-order valence-corrected chi connectivity index (χ3v) is 6.99. The van der Waals surface area contributed by atoms with Gasteiger partial charge < -0.3 is 14.4 Å². The molecular weight excluding hydrogens is 514 g/mol. The molecule has 0 spiro atoms. The Bertz CT molecular complexity index is 1620. The van der Waals surface area contributed by atoms with Crippen molar-refractivity contribution in [3.8, 4) is 33.5 Å². The van der Waals surface area contributed by atoms with Crippen molar-refractivity contribution in [1.29, 1.82) is 0 Å². The van der Waals surface area contributed by atoms with Crippen LogP contribution >= 0.6 is 0 Å². The van der Waals surface area contributed by atoms with E-state index in [2.05, 4.69) is 76.9 Å². The summed E-state index contributed by atoms with van der Waals surface area (Å²) in [6.45, 7) is 7.79. The Morgan fingerprint density at radius 2 is 1.68 bits per heavy atom. The molecule has 8 nitrogen and oxygen atoms in total. The van der Waals surface area contributed by atoms with Crippen LogP contribution in [0.4, 0.5) is 0 Å². The zero-order valence-corrected chi connectivity index (χ0v) is 23.9. The van der Waals surface area contributed by atoms with Gasteiger partial charge in [0, 0.05) is 18.5 Å². The zero-order valence-electron chi connectivity index (χ0n) is 23.9. The summed E-state index contributed by atoms with van der Waals surface area (Å²) in [5.74, 6) is 0.270. The van der Waals surface area contributed by atoms with Crippen molar-refractivity contribution in [3.05, 3.63) is 102 Å². The number of ether oxygens (including phenoxy) is 1. The van der Waals surface area contributed by atoms with Crippen LogP contribution in [-0.2, 0) is 23.3 Å². The minimum atomic E-state index is -1.29. The number of aromatic amines is 1. The number of hydrogen-bond acceptors (Lipinski definition) is 6. The molecule has 0 bridgehead atoms. The standard InChI is InChI=1S/C33H35N5O3/c1-5-10-29-35-31(33(3,4)40)30(32(39)41-6-2)38(29)21-22-13-15-24(16-14-22)27-19-25(23-11-8-7-9-12-23)17-18-26(27)28-20-34-37-36-28/h7-9,11-20,40H,5-6,10,21H2,1-4H3,(H,34,36,37). The number of aryl methyl sites for hydroxylation is 1. The van der Waals surface area contributed by atoms with Gasteiger partial charge in [-0.05, 0) is 61.1 Å². The molecule has 0 saturated heterocycles. The third kappa shape index (κ3) is 5.98. The van der Waals surface area contributed by atoms with Gasteiger partial charge in [-0.1, -0.05) is 73.7 Å². The lowest BCUT2D eigenvalue weighted by atomic mass is 9.93. The SMILES string of the molecule is CCCc1nc(C(C)(C)O)c(C(=O)OCC)n1Cc1ccc(-c2cc(-c3ccccc3)ccc2-c2cn[nH]n2)cc1. The number of carbonyl (C=O) groups excluding carboxylic acids is 1. The van der Waals surface area contributed by atoms with Crippen molar-refractivity contribution in [2.45, 2.75) is 52.7 Å². The summed E-state index contributed by atoms with van der Waals surface area (Å²) in [5, 5.41) is 21.9. The zero-order chi connectivity index (χ0) is 29.0. The molecule has 8 heteroatoms. The molecule has 5 aromatic rings. The number of esters is 1. The van der Waals surface area contributed by atoms with Gasteiger partial charge in [-0.15, -0.1) is 0 Å². The van der Waals surface area contributed by atoms with Gasteiger partial charge in [0.05, 0.1) is 12.8 Å². The fourth-order valence-corrected chi connectivity index (χ4v) is 5.04. The number of imidazole rings is 1. The number of nitrogens with one attached hydrogen (secondary N) is 1. The number of aliphatic hydroxyl groups is 1. The fourth-order valence-electron chi connectivity index (χ4n) is 5.04. The van der Waals surface area contributed by atoms with Crippen molar-refractivity contribution < 1.29 is 14.6 Å². The molecule has 0 unspecified atom stereocenters. The molecule has 0 radical (unpaired) electrons. The van der Waals surface area contributed by atoms with E-state index in [0.717, 1.165) is 51.3 Å². The molecule has 0 fully saturated rings. The highest BCUT2D eigenvalue weighted by Gasteiger charge is 2.32. The highest BCUT2D eigenvalue weighted by molar-refractivity contribution is 5.89. The molecule has 2 aromatic heterocycles. The van der Waals surface area contributed by atoms with E-state index >= 15 is 0 Å². The second kappa shape index (κ2) is 11.9. The maximum Gasteiger partial charge on any atom is 0.357 e. The van der Waals surface area contributed by atoms with Gasteiger partial charge in [-0.3, -0.25) is 0 Å². The first kappa shape index (κ1) is 28.0. The molecule has 3 aromatic carbocycles.